The molecule has 1 saturated heterocycles. The fourth-order valence-corrected chi connectivity index (χ4v) is 4.86. The molecule has 1 aromatic heterocycles. The van der Waals surface area contributed by atoms with E-state index in [2.05, 4.69) is 37.8 Å². The van der Waals surface area contributed by atoms with Crippen molar-refractivity contribution in [3.8, 4) is 5.75 Å². The molecule has 0 spiro atoms. The number of ether oxygens (including phenoxy) is 1. The van der Waals surface area contributed by atoms with Crippen LogP contribution in [0, 0.1) is 0 Å². The Kier molecular flexibility index (Phi) is 8.63. The second-order valence-corrected chi connectivity index (χ2v) is 11.1. The van der Waals surface area contributed by atoms with Crippen molar-refractivity contribution < 1.29 is 13.9 Å². The van der Waals surface area contributed by atoms with Gasteiger partial charge < -0.3 is 14.1 Å². The summed E-state index contributed by atoms with van der Waals surface area (Å²) < 4.78 is 11.5. The summed E-state index contributed by atoms with van der Waals surface area (Å²) in [4.78, 5) is 29.6. The number of nitrogens with zero attached hydrogens (tertiary/aromatic N) is 2. The SMILES string of the molecule is CC(C)(C)c1ccc(COc2coc(CN3CCCN(C(=O)c4c(Cl)cccc4Cl)CC3)cc2=O)cc1. The Labute approximate surface area is 227 Å². The molecule has 0 unspecified atom stereocenters. The zero-order chi connectivity index (χ0) is 26.6. The molecular weight excluding hydrogens is 511 g/mol. The number of halogens is 2. The number of rotatable bonds is 6. The van der Waals surface area contributed by atoms with Gasteiger partial charge in [-0.05, 0) is 35.1 Å². The standard InChI is InChI=1S/C29H32Cl2N2O4/c1-29(2,3)21-10-8-20(9-11-21)18-37-26-19-36-22(16-25(26)34)17-32-12-5-13-33(15-14-32)28(35)27-23(30)6-4-7-24(27)31/h4,6-11,16,19H,5,12-15,17-18H2,1-3H3. The summed E-state index contributed by atoms with van der Waals surface area (Å²) in [6, 6.07) is 14.8. The van der Waals surface area contributed by atoms with Crippen LogP contribution in [0.5, 0.6) is 5.75 Å². The first kappa shape index (κ1) is 27.2. The van der Waals surface area contributed by atoms with Gasteiger partial charge in [0.2, 0.25) is 11.2 Å². The third-order valence-electron chi connectivity index (χ3n) is 6.50. The van der Waals surface area contributed by atoms with Gasteiger partial charge in [0.05, 0.1) is 22.2 Å². The van der Waals surface area contributed by atoms with Crippen LogP contribution in [-0.2, 0) is 18.6 Å². The lowest BCUT2D eigenvalue weighted by molar-refractivity contribution is 0.0761. The lowest BCUT2D eigenvalue weighted by Crippen LogP contribution is -2.35. The maximum absolute atomic E-state index is 13.0. The fourth-order valence-electron chi connectivity index (χ4n) is 4.30. The van der Waals surface area contributed by atoms with Crippen LogP contribution in [0.15, 0.2) is 64.0 Å². The predicted molar refractivity (Wildman–Crippen MR) is 147 cm³/mol. The van der Waals surface area contributed by atoms with E-state index in [0.29, 0.717) is 54.2 Å². The number of carbonyl (C=O) groups is 1. The average Bonchev–Trinajstić information content (AvgIpc) is 3.09. The van der Waals surface area contributed by atoms with E-state index < -0.39 is 0 Å². The molecule has 0 aliphatic carbocycles. The second-order valence-electron chi connectivity index (χ2n) is 10.3. The highest BCUT2D eigenvalue weighted by molar-refractivity contribution is 6.39. The number of hydrogen-bond acceptors (Lipinski definition) is 5. The maximum Gasteiger partial charge on any atom is 0.256 e. The quantitative estimate of drug-likeness (QED) is 0.372. The van der Waals surface area contributed by atoms with Crippen molar-refractivity contribution in [2.45, 2.75) is 45.8 Å². The smallest absolute Gasteiger partial charge is 0.256 e. The van der Waals surface area contributed by atoms with Crippen LogP contribution in [0.1, 0.15) is 54.4 Å². The average molecular weight is 543 g/mol. The lowest BCUT2D eigenvalue weighted by atomic mass is 9.87. The molecule has 0 atom stereocenters. The molecule has 1 amide bonds. The molecule has 196 valence electrons. The van der Waals surface area contributed by atoms with E-state index in [1.165, 1.54) is 17.9 Å². The molecule has 3 aromatic rings. The molecule has 1 aliphatic rings. The zero-order valence-electron chi connectivity index (χ0n) is 21.4. The number of hydrogen-bond donors (Lipinski definition) is 0. The number of benzene rings is 2. The van der Waals surface area contributed by atoms with Crippen molar-refractivity contribution in [3.05, 3.63) is 97.5 Å². The Morgan fingerprint density at radius 3 is 2.35 bits per heavy atom. The van der Waals surface area contributed by atoms with E-state index in [0.717, 1.165) is 18.5 Å². The van der Waals surface area contributed by atoms with E-state index in [1.54, 1.807) is 23.1 Å². The van der Waals surface area contributed by atoms with Crippen LogP contribution < -0.4 is 10.2 Å². The van der Waals surface area contributed by atoms with Gasteiger partial charge in [-0.3, -0.25) is 14.5 Å². The Morgan fingerprint density at radius 1 is 1.00 bits per heavy atom. The molecular formula is C29H32Cl2N2O4. The predicted octanol–water partition coefficient (Wildman–Crippen LogP) is 6.17. The highest BCUT2D eigenvalue weighted by Crippen LogP contribution is 2.26. The third-order valence-corrected chi connectivity index (χ3v) is 7.13. The summed E-state index contributed by atoms with van der Waals surface area (Å²) in [7, 11) is 0. The lowest BCUT2D eigenvalue weighted by Gasteiger charge is -2.22. The van der Waals surface area contributed by atoms with E-state index in [4.69, 9.17) is 32.4 Å². The first-order valence-electron chi connectivity index (χ1n) is 12.4. The zero-order valence-corrected chi connectivity index (χ0v) is 22.9. The Balaban J connectivity index is 1.33. The van der Waals surface area contributed by atoms with Gasteiger partial charge in [-0.25, -0.2) is 0 Å². The molecule has 0 bridgehead atoms. The minimum atomic E-state index is -0.215. The van der Waals surface area contributed by atoms with E-state index in [-0.39, 0.29) is 22.5 Å². The van der Waals surface area contributed by atoms with Gasteiger partial charge in [-0.2, -0.15) is 0 Å². The fraction of sp³-hybridized carbons (Fsp3) is 0.379. The molecule has 0 N–H and O–H groups in total. The minimum absolute atomic E-state index is 0.0841. The summed E-state index contributed by atoms with van der Waals surface area (Å²) >= 11 is 12.5. The molecule has 2 aromatic carbocycles. The van der Waals surface area contributed by atoms with Gasteiger partial charge >= 0.3 is 0 Å². The van der Waals surface area contributed by atoms with Crippen molar-refractivity contribution in [3.63, 3.8) is 0 Å². The first-order valence-corrected chi connectivity index (χ1v) is 13.2. The Morgan fingerprint density at radius 2 is 1.70 bits per heavy atom. The van der Waals surface area contributed by atoms with Crippen molar-refractivity contribution in [1.29, 1.82) is 0 Å². The summed E-state index contributed by atoms with van der Waals surface area (Å²) in [5.41, 5.74) is 2.44. The van der Waals surface area contributed by atoms with Crippen LogP contribution >= 0.6 is 23.2 Å². The molecule has 0 radical (unpaired) electrons. The van der Waals surface area contributed by atoms with E-state index in [1.807, 2.05) is 12.1 Å². The number of amides is 1. The van der Waals surface area contributed by atoms with Gasteiger partial charge in [-0.1, -0.05) is 74.3 Å². The van der Waals surface area contributed by atoms with Crippen molar-refractivity contribution >= 4 is 29.1 Å². The maximum atomic E-state index is 13.0. The Hall–Kier alpha value is -2.80. The molecule has 0 saturated carbocycles. The normalized spacial score (nSPS) is 14.9. The summed E-state index contributed by atoms with van der Waals surface area (Å²) in [6.07, 6.45) is 2.17. The Bertz CT molecular complexity index is 1280. The van der Waals surface area contributed by atoms with Gasteiger partial charge in [0.1, 0.15) is 18.6 Å². The molecule has 8 heteroatoms. The van der Waals surface area contributed by atoms with Crippen molar-refractivity contribution in [2.24, 2.45) is 0 Å². The molecule has 2 heterocycles. The van der Waals surface area contributed by atoms with Crippen LogP contribution in [-0.4, -0.2) is 41.9 Å². The largest absolute Gasteiger partial charge is 0.482 e. The van der Waals surface area contributed by atoms with Crippen LogP contribution in [0.2, 0.25) is 10.0 Å². The summed E-state index contributed by atoms with van der Waals surface area (Å²) in [6.45, 7) is 9.81. The summed E-state index contributed by atoms with van der Waals surface area (Å²) in [5, 5.41) is 0.703. The molecule has 37 heavy (non-hydrogen) atoms. The van der Waals surface area contributed by atoms with E-state index in [9.17, 15) is 9.59 Å². The van der Waals surface area contributed by atoms with Crippen LogP contribution in [0.25, 0.3) is 0 Å². The highest BCUT2D eigenvalue weighted by atomic mass is 35.5. The minimum Gasteiger partial charge on any atom is -0.482 e. The highest BCUT2D eigenvalue weighted by Gasteiger charge is 2.24. The third kappa shape index (κ3) is 6.95. The van der Waals surface area contributed by atoms with Gasteiger partial charge in [0, 0.05) is 32.2 Å². The number of carbonyl (C=O) groups excluding carboxylic acids is 1. The van der Waals surface area contributed by atoms with Gasteiger partial charge in [0.15, 0.2) is 0 Å². The molecule has 1 aliphatic heterocycles. The first-order chi connectivity index (χ1) is 17.6. The van der Waals surface area contributed by atoms with Crippen molar-refractivity contribution in [2.75, 3.05) is 26.2 Å². The topological polar surface area (TPSA) is 63.0 Å². The molecule has 1 fully saturated rings. The van der Waals surface area contributed by atoms with Gasteiger partial charge in [-0.15, -0.1) is 0 Å². The second kappa shape index (κ2) is 11.7. The van der Waals surface area contributed by atoms with Crippen LogP contribution in [0.4, 0.5) is 0 Å². The molecule has 4 rings (SSSR count). The summed E-state index contributed by atoms with van der Waals surface area (Å²) in [5.74, 6) is 0.576. The van der Waals surface area contributed by atoms with Gasteiger partial charge in [0.25, 0.3) is 5.91 Å². The van der Waals surface area contributed by atoms with E-state index >= 15 is 0 Å². The van der Waals surface area contributed by atoms with Crippen LogP contribution in [0.3, 0.4) is 0 Å². The van der Waals surface area contributed by atoms with Crippen molar-refractivity contribution in [1.82, 2.24) is 9.80 Å². The monoisotopic (exact) mass is 542 g/mol. The molecule has 6 nitrogen and oxygen atoms in total.